The van der Waals surface area contributed by atoms with Crippen LogP contribution in [0, 0.1) is 10.1 Å². The number of hydrogen-bond acceptors (Lipinski definition) is 7. The Bertz CT molecular complexity index is 905. The molecule has 0 aliphatic carbocycles. The molecule has 26 heavy (non-hydrogen) atoms. The third-order valence-corrected chi connectivity index (χ3v) is 6.14. The zero-order chi connectivity index (χ0) is 18.7. The molecule has 0 spiro atoms. The third-order valence-electron chi connectivity index (χ3n) is 3.87. The van der Waals surface area contributed by atoms with Crippen molar-refractivity contribution in [2.75, 3.05) is 18.5 Å². The monoisotopic (exact) mass is 395 g/mol. The SMILES string of the molecule is NS(=O)(=O)c1ccc(NC2COCC2Sc2ccccc2)cc1[N+](=O)[O-]. The summed E-state index contributed by atoms with van der Waals surface area (Å²) in [4.78, 5) is 11.0. The van der Waals surface area contributed by atoms with Crippen LogP contribution in [0.25, 0.3) is 0 Å². The number of primary sulfonamides is 1. The smallest absolute Gasteiger partial charge is 0.291 e. The van der Waals surface area contributed by atoms with E-state index in [1.54, 1.807) is 11.8 Å². The van der Waals surface area contributed by atoms with Crippen LogP contribution in [0.1, 0.15) is 0 Å². The van der Waals surface area contributed by atoms with Crippen molar-refractivity contribution in [2.45, 2.75) is 21.1 Å². The number of thioether (sulfide) groups is 1. The van der Waals surface area contributed by atoms with E-state index in [0.717, 1.165) is 11.0 Å². The number of nitro benzene ring substituents is 1. The lowest BCUT2D eigenvalue weighted by molar-refractivity contribution is -0.387. The van der Waals surface area contributed by atoms with Gasteiger partial charge in [-0.2, -0.15) is 0 Å². The van der Waals surface area contributed by atoms with Gasteiger partial charge in [-0.1, -0.05) is 18.2 Å². The molecular formula is C16H17N3O5S2. The zero-order valence-corrected chi connectivity index (χ0v) is 15.2. The second-order valence-electron chi connectivity index (χ2n) is 5.74. The number of nitrogens with two attached hydrogens (primary N) is 1. The highest BCUT2D eigenvalue weighted by molar-refractivity contribution is 8.00. The molecule has 2 unspecified atom stereocenters. The largest absolute Gasteiger partial charge is 0.379 e. The molecule has 0 saturated carbocycles. The molecule has 8 nitrogen and oxygen atoms in total. The van der Waals surface area contributed by atoms with Crippen LogP contribution in [0.5, 0.6) is 0 Å². The molecule has 0 radical (unpaired) electrons. The summed E-state index contributed by atoms with van der Waals surface area (Å²) in [6, 6.07) is 13.6. The van der Waals surface area contributed by atoms with Crippen molar-refractivity contribution < 1.29 is 18.1 Å². The Balaban J connectivity index is 1.79. The first-order chi connectivity index (χ1) is 12.3. The third kappa shape index (κ3) is 4.33. The molecule has 2 aromatic rings. The topological polar surface area (TPSA) is 125 Å². The molecule has 3 rings (SSSR count). The lowest BCUT2D eigenvalue weighted by Gasteiger charge is -2.20. The van der Waals surface area contributed by atoms with Crippen LogP contribution in [-0.4, -0.2) is 37.8 Å². The van der Waals surface area contributed by atoms with Crippen LogP contribution in [0.2, 0.25) is 0 Å². The second-order valence-corrected chi connectivity index (χ2v) is 8.58. The Morgan fingerprint density at radius 2 is 1.92 bits per heavy atom. The van der Waals surface area contributed by atoms with Crippen LogP contribution < -0.4 is 10.5 Å². The summed E-state index contributed by atoms with van der Waals surface area (Å²) in [6.07, 6.45) is 0. The summed E-state index contributed by atoms with van der Waals surface area (Å²) < 4.78 is 28.5. The minimum atomic E-state index is -4.17. The minimum absolute atomic E-state index is 0.0693. The fourth-order valence-corrected chi connectivity index (χ4v) is 4.49. The maximum absolute atomic E-state index is 11.5. The van der Waals surface area contributed by atoms with Gasteiger partial charge < -0.3 is 10.1 Å². The van der Waals surface area contributed by atoms with Crippen molar-refractivity contribution in [3.05, 3.63) is 58.6 Å². The van der Waals surface area contributed by atoms with E-state index >= 15 is 0 Å². The molecule has 10 heteroatoms. The van der Waals surface area contributed by atoms with Gasteiger partial charge in [0.2, 0.25) is 10.0 Å². The summed E-state index contributed by atoms with van der Waals surface area (Å²) in [5.41, 5.74) is -0.109. The normalized spacial score (nSPS) is 20.0. The van der Waals surface area contributed by atoms with Gasteiger partial charge in [0, 0.05) is 16.6 Å². The van der Waals surface area contributed by atoms with Crippen molar-refractivity contribution in [1.82, 2.24) is 0 Å². The van der Waals surface area contributed by atoms with Gasteiger partial charge in [-0.05, 0) is 24.3 Å². The van der Waals surface area contributed by atoms with Crippen molar-refractivity contribution in [3.8, 4) is 0 Å². The summed E-state index contributed by atoms with van der Waals surface area (Å²) >= 11 is 1.66. The van der Waals surface area contributed by atoms with Crippen LogP contribution in [0.4, 0.5) is 11.4 Å². The molecule has 0 amide bonds. The maximum atomic E-state index is 11.5. The predicted molar refractivity (Wildman–Crippen MR) is 98.8 cm³/mol. The molecule has 1 aliphatic rings. The Hall–Kier alpha value is -2.14. The van der Waals surface area contributed by atoms with Crippen molar-refractivity contribution in [2.24, 2.45) is 5.14 Å². The molecule has 2 aromatic carbocycles. The molecular weight excluding hydrogens is 378 g/mol. The Morgan fingerprint density at radius 3 is 2.58 bits per heavy atom. The number of nitro groups is 1. The molecule has 138 valence electrons. The van der Waals surface area contributed by atoms with E-state index in [0.29, 0.717) is 18.9 Å². The van der Waals surface area contributed by atoms with Crippen molar-refractivity contribution in [1.29, 1.82) is 0 Å². The zero-order valence-electron chi connectivity index (χ0n) is 13.6. The fraction of sp³-hybridized carbons (Fsp3) is 0.250. The van der Waals surface area contributed by atoms with E-state index in [1.807, 2.05) is 30.3 Å². The second kappa shape index (κ2) is 7.62. The van der Waals surface area contributed by atoms with Crippen molar-refractivity contribution in [3.63, 3.8) is 0 Å². The Labute approximate surface area is 154 Å². The number of nitrogens with one attached hydrogen (secondary N) is 1. The number of benzene rings is 2. The van der Waals surface area contributed by atoms with E-state index in [4.69, 9.17) is 9.88 Å². The molecule has 1 aliphatic heterocycles. The molecule has 2 atom stereocenters. The molecule has 1 saturated heterocycles. The van der Waals surface area contributed by atoms with Crippen molar-refractivity contribution >= 4 is 33.2 Å². The summed E-state index contributed by atoms with van der Waals surface area (Å²) in [5, 5.41) is 19.6. The highest BCUT2D eigenvalue weighted by Crippen LogP contribution is 2.32. The summed E-state index contributed by atoms with van der Waals surface area (Å²) in [7, 11) is -4.17. The Morgan fingerprint density at radius 1 is 1.19 bits per heavy atom. The van der Waals surface area contributed by atoms with E-state index in [-0.39, 0.29) is 11.3 Å². The lowest BCUT2D eigenvalue weighted by Crippen LogP contribution is -2.30. The van der Waals surface area contributed by atoms with Gasteiger partial charge in [-0.25, -0.2) is 13.6 Å². The fourth-order valence-electron chi connectivity index (χ4n) is 2.66. The minimum Gasteiger partial charge on any atom is -0.379 e. The number of nitrogens with zero attached hydrogens (tertiary/aromatic N) is 1. The first-order valence-electron chi connectivity index (χ1n) is 7.72. The molecule has 0 aromatic heterocycles. The number of ether oxygens (including phenoxy) is 1. The van der Waals surface area contributed by atoms with E-state index in [1.165, 1.54) is 12.1 Å². The molecule has 1 fully saturated rings. The highest BCUT2D eigenvalue weighted by Gasteiger charge is 2.30. The van der Waals surface area contributed by atoms with Crippen LogP contribution >= 0.6 is 11.8 Å². The maximum Gasteiger partial charge on any atom is 0.291 e. The van der Waals surface area contributed by atoms with Gasteiger partial charge >= 0.3 is 0 Å². The van der Waals surface area contributed by atoms with Gasteiger partial charge in [0.25, 0.3) is 5.69 Å². The molecule has 3 N–H and O–H groups in total. The van der Waals surface area contributed by atoms with Gasteiger partial charge in [-0.15, -0.1) is 11.8 Å². The van der Waals surface area contributed by atoms with E-state index < -0.39 is 25.5 Å². The number of rotatable bonds is 6. The summed E-state index contributed by atoms with van der Waals surface area (Å²) in [5.74, 6) is 0. The first kappa shape index (κ1) is 18.6. The Kier molecular flexibility index (Phi) is 5.47. The average molecular weight is 395 g/mol. The van der Waals surface area contributed by atoms with Gasteiger partial charge in [0.15, 0.2) is 4.90 Å². The van der Waals surface area contributed by atoms with Crippen LogP contribution in [0.15, 0.2) is 58.3 Å². The molecule has 0 bridgehead atoms. The molecule has 1 heterocycles. The van der Waals surface area contributed by atoms with Gasteiger partial charge in [-0.3, -0.25) is 10.1 Å². The van der Waals surface area contributed by atoms with Crippen LogP contribution in [0.3, 0.4) is 0 Å². The van der Waals surface area contributed by atoms with Gasteiger partial charge in [0.1, 0.15) is 0 Å². The highest BCUT2D eigenvalue weighted by atomic mass is 32.2. The first-order valence-corrected chi connectivity index (χ1v) is 10.1. The average Bonchev–Trinajstić information content (AvgIpc) is 3.01. The predicted octanol–water partition coefficient (Wildman–Crippen LogP) is 2.21. The number of sulfonamides is 1. The number of anilines is 1. The van der Waals surface area contributed by atoms with E-state index in [2.05, 4.69) is 5.32 Å². The lowest BCUT2D eigenvalue weighted by atomic mass is 10.2. The van der Waals surface area contributed by atoms with Crippen LogP contribution in [-0.2, 0) is 14.8 Å². The number of hydrogen-bond donors (Lipinski definition) is 2. The quantitative estimate of drug-likeness (QED) is 0.567. The standard InChI is InChI=1S/C16H17N3O5S2/c17-26(22,23)16-7-6-11(8-14(16)19(20)21)18-13-9-24-10-15(13)25-12-4-2-1-3-5-12/h1-8,13,15,18H,9-10H2,(H2,17,22,23). The summed E-state index contributed by atoms with van der Waals surface area (Å²) in [6.45, 7) is 1.00. The van der Waals surface area contributed by atoms with E-state index in [9.17, 15) is 18.5 Å². The van der Waals surface area contributed by atoms with Gasteiger partial charge in [0.05, 0.1) is 29.4 Å².